The molecule has 0 radical (unpaired) electrons. The first kappa shape index (κ1) is 16.1. The van der Waals surface area contributed by atoms with Gasteiger partial charge in [-0.1, -0.05) is 11.3 Å². The molecule has 0 aliphatic rings. The van der Waals surface area contributed by atoms with Crippen LogP contribution < -0.4 is 4.90 Å². The van der Waals surface area contributed by atoms with Gasteiger partial charge in [-0.05, 0) is 25.1 Å². The van der Waals surface area contributed by atoms with Crippen LogP contribution in [0.5, 0.6) is 0 Å². The lowest BCUT2D eigenvalue weighted by molar-refractivity contribution is 0.139. The number of thiazole rings is 1. The van der Waals surface area contributed by atoms with E-state index in [2.05, 4.69) is 9.97 Å². The molecular formula is C16H14FN3O3S. The normalized spacial score (nSPS) is 10.6. The smallest absolute Gasteiger partial charge is 0.415 e. The Kier molecular flexibility index (Phi) is 4.57. The Hall–Kier alpha value is -2.74. The highest BCUT2D eigenvalue weighted by molar-refractivity contribution is 7.19. The van der Waals surface area contributed by atoms with Crippen LogP contribution in [-0.2, 0) is 11.3 Å². The molecule has 0 fully saturated rings. The third-order valence-electron chi connectivity index (χ3n) is 3.18. The number of hydrogen-bond donors (Lipinski definition) is 0. The van der Waals surface area contributed by atoms with Crippen LogP contribution in [-0.4, -0.2) is 23.1 Å². The van der Waals surface area contributed by atoms with E-state index < -0.39 is 11.9 Å². The van der Waals surface area contributed by atoms with Crippen molar-refractivity contribution in [1.29, 1.82) is 0 Å². The Morgan fingerprint density at radius 2 is 2.21 bits per heavy atom. The molecule has 0 unspecified atom stereocenters. The second-order valence-corrected chi connectivity index (χ2v) is 6.03. The summed E-state index contributed by atoms with van der Waals surface area (Å²) in [4.78, 5) is 21.4. The largest absolute Gasteiger partial charge is 0.463 e. The van der Waals surface area contributed by atoms with Gasteiger partial charge in [0.2, 0.25) is 0 Å². The Labute approximate surface area is 141 Å². The van der Waals surface area contributed by atoms with Gasteiger partial charge < -0.3 is 9.15 Å². The van der Waals surface area contributed by atoms with Crippen molar-refractivity contribution in [3.63, 3.8) is 0 Å². The fraction of sp³-hybridized carbons (Fsp3) is 0.188. The number of furan rings is 1. The summed E-state index contributed by atoms with van der Waals surface area (Å²) in [6, 6.07) is 4.90. The van der Waals surface area contributed by atoms with E-state index in [9.17, 15) is 9.18 Å². The molecule has 0 bridgehead atoms. The minimum Gasteiger partial charge on any atom is -0.463 e. The lowest BCUT2D eigenvalue weighted by Crippen LogP contribution is -2.26. The van der Waals surface area contributed by atoms with Gasteiger partial charge in [-0.2, -0.15) is 0 Å². The number of hydrogen-bond acceptors (Lipinski definition) is 6. The van der Waals surface area contributed by atoms with E-state index in [4.69, 9.17) is 9.15 Å². The van der Waals surface area contributed by atoms with Crippen molar-refractivity contribution in [2.24, 2.45) is 0 Å². The van der Waals surface area contributed by atoms with Crippen molar-refractivity contribution in [3.8, 4) is 10.6 Å². The van der Waals surface area contributed by atoms with Gasteiger partial charge in [0, 0.05) is 18.8 Å². The molecule has 0 atom stereocenters. The van der Waals surface area contributed by atoms with Crippen LogP contribution in [0.2, 0.25) is 0 Å². The van der Waals surface area contributed by atoms with E-state index in [0.29, 0.717) is 21.3 Å². The first-order valence-corrected chi connectivity index (χ1v) is 7.87. The average molecular weight is 347 g/mol. The fourth-order valence-corrected chi connectivity index (χ4v) is 2.82. The van der Waals surface area contributed by atoms with Crippen molar-refractivity contribution in [2.45, 2.75) is 13.5 Å². The molecule has 3 heterocycles. The molecule has 0 aliphatic heterocycles. The Morgan fingerprint density at radius 1 is 1.38 bits per heavy atom. The predicted octanol–water partition coefficient (Wildman–Crippen LogP) is 4.02. The molecule has 0 N–H and O–H groups in total. The summed E-state index contributed by atoms with van der Waals surface area (Å²) in [7, 11) is 1.58. The number of aryl methyl sites for hydroxylation is 1. The summed E-state index contributed by atoms with van der Waals surface area (Å²) in [5, 5.41) is 1.15. The average Bonchev–Trinajstić information content (AvgIpc) is 3.21. The standard InChI is InChI=1S/C16H14FN3O3S/c1-10-3-4-13(23-10)9-22-16(21)20(2)14-8-19-15(24-14)11-5-12(17)7-18-6-11/h3-8H,9H2,1-2H3. The molecule has 0 aromatic carbocycles. The number of rotatable bonds is 4. The van der Waals surface area contributed by atoms with Crippen molar-refractivity contribution in [1.82, 2.24) is 9.97 Å². The molecule has 0 spiro atoms. The van der Waals surface area contributed by atoms with E-state index in [1.807, 2.05) is 6.92 Å². The van der Waals surface area contributed by atoms with Crippen LogP contribution in [0.3, 0.4) is 0 Å². The number of anilines is 1. The lowest BCUT2D eigenvalue weighted by atomic mass is 10.3. The first-order chi connectivity index (χ1) is 11.5. The molecular weight excluding hydrogens is 333 g/mol. The SMILES string of the molecule is Cc1ccc(COC(=O)N(C)c2cnc(-c3cncc(F)c3)s2)o1. The maximum absolute atomic E-state index is 13.2. The monoisotopic (exact) mass is 347 g/mol. The summed E-state index contributed by atoms with van der Waals surface area (Å²) in [6.07, 6.45) is 3.64. The molecule has 0 saturated carbocycles. The summed E-state index contributed by atoms with van der Waals surface area (Å²) < 4.78 is 23.8. The Bertz CT molecular complexity index is 862. The number of pyridine rings is 1. The Balaban J connectivity index is 1.66. The van der Waals surface area contributed by atoms with Crippen LogP contribution in [0, 0.1) is 12.7 Å². The fourth-order valence-electron chi connectivity index (χ4n) is 1.97. The van der Waals surface area contributed by atoms with Crippen molar-refractivity contribution in [2.75, 3.05) is 11.9 Å². The lowest BCUT2D eigenvalue weighted by Gasteiger charge is -2.13. The maximum atomic E-state index is 13.2. The van der Waals surface area contributed by atoms with E-state index in [1.165, 1.54) is 34.7 Å². The second kappa shape index (κ2) is 6.79. The molecule has 3 aromatic heterocycles. The second-order valence-electron chi connectivity index (χ2n) is 5.02. The molecule has 6 nitrogen and oxygen atoms in total. The van der Waals surface area contributed by atoms with Gasteiger partial charge in [0.05, 0.1) is 12.4 Å². The number of carbonyl (C=O) groups is 1. The van der Waals surface area contributed by atoms with Gasteiger partial charge in [0.1, 0.15) is 27.3 Å². The molecule has 8 heteroatoms. The van der Waals surface area contributed by atoms with Crippen LogP contribution >= 0.6 is 11.3 Å². The quantitative estimate of drug-likeness (QED) is 0.713. The van der Waals surface area contributed by atoms with Crippen molar-refractivity contribution in [3.05, 3.63) is 54.1 Å². The van der Waals surface area contributed by atoms with Gasteiger partial charge in [0.25, 0.3) is 0 Å². The summed E-state index contributed by atoms with van der Waals surface area (Å²) in [6.45, 7) is 1.87. The maximum Gasteiger partial charge on any atom is 0.415 e. The van der Waals surface area contributed by atoms with Crippen LogP contribution in [0.1, 0.15) is 11.5 Å². The van der Waals surface area contributed by atoms with Gasteiger partial charge in [0.15, 0.2) is 6.61 Å². The Morgan fingerprint density at radius 3 is 2.92 bits per heavy atom. The number of ether oxygens (including phenoxy) is 1. The highest BCUT2D eigenvalue weighted by Gasteiger charge is 2.17. The number of nitrogens with zero attached hydrogens (tertiary/aromatic N) is 3. The molecule has 3 rings (SSSR count). The number of aromatic nitrogens is 2. The van der Waals surface area contributed by atoms with Gasteiger partial charge in [-0.25, -0.2) is 14.2 Å². The molecule has 0 aliphatic carbocycles. The highest BCUT2D eigenvalue weighted by Crippen LogP contribution is 2.30. The summed E-state index contributed by atoms with van der Waals surface area (Å²) in [5.74, 6) is 0.890. The van der Waals surface area contributed by atoms with E-state index in [1.54, 1.807) is 19.2 Å². The first-order valence-electron chi connectivity index (χ1n) is 7.05. The van der Waals surface area contributed by atoms with Crippen LogP contribution in [0.15, 0.2) is 41.2 Å². The minimum atomic E-state index is -0.531. The third kappa shape index (κ3) is 3.60. The third-order valence-corrected chi connectivity index (χ3v) is 4.31. The summed E-state index contributed by atoms with van der Waals surface area (Å²) in [5.41, 5.74) is 0.555. The topological polar surface area (TPSA) is 68.5 Å². The zero-order chi connectivity index (χ0) is 17.1. The van der Waals surface area contributed by atoms with E-state index >= 15 is 0 Å². The molecule has 1 amide bonds. The van der Waals surface area contributed by atoms with Gasteiger partial charge >= 0.3 is 6.09 Å². The number of carbonyl (C=O) groups excluding carboxylic acids is 1. The molecule has 0 saturated heterocycles. The zero-order valence-electron chi connectivity index (χ0n) is 13.0. The van der Waals surface area contributed by atoms with Gasteiger partial charge in [-0.3, -0.25) is 9.88 Å². The van der Waals surface area contributed by atoms with Crippen molar-refractivity contribution < 1.29 is 18.3 Å². The zero-order valence-corrected chi connectivity index (χ0v) is 13.8. The number of amides is 1. The summed E-state index contributed by atoms with van der Waals surface area (Å²) >= 11 is 1.24. The van der Waals surface area contributed by atoms with Crippen molar-refractivity contribution >= 4 is 22.4 Å². The van der Waals surface area contributed by atoms with Crippen LogP contribution in [0.4, 0.5) is 14.2 Å². The minimum absolute atomic E-state index is 0.0521. The van der Waals surface area contributed by atoms with E-state index in [-0.39, 0.29) is 6.61 Å². The number of halogens is 1. The van der Waals surface area contributed by atoms with Gasteiger partial charge in [-0.15, -0.1) is 0 Å². The predicted molar refractivity (Wildman–Crippen MR) is 87.3 cm³/mol. The van der Waals surface area contributed by atoms with Crippen LogP contribution in [0.25, 0.3) is 10.6 Å². The highest BCUT2D eigenvalue weighted by atomic mass is 32.1. The molecule has 24 heavy (non-hydrogen) atoms. The molecule has 124 valence electrons. The van der Waals surface area contributed by atoms with E-state index in [0.717, 1.165) is 12.0 Å². The molecule has 3 aromatic rings.